The molecule has 21 heavy (non-hydrogen) atoms. The van der Waals surface area contributed by atoms with Crippen LogP contribution in [0.5, 0.6) is 0 Å². The third-order valence-electron chi connectivity index (χ3n) is 3.61. The molecule has 2 heterocycles. The van der Waals surface area contributed by atoms with Crippen molar-refractivity contribution in [1.29, 1.82) is 0 Å². The van der Waals surface area contributed by atoms with Gasteiger partial charge in [0.05, 0.1) is 24.9 Å². The second kappa shape index (κ2) is 5.97. The fourth-order valence-electron chi connectivity index (χ4n) is 2.51. The largest absolute Gasteiger partial charge is 0.394 e. The SMILES string of the molecule is O=C(c1cnc(Cl)c2ccccc12)N1CCOC(CO)C1. The number of pyridine rings is 1. The molecule has 1 fully saturated rings. The van der Waals surface area contributed by atoms with Crippen LogP contribution in [0.15, 0.2) is 30.5 Å². The van der Waals surface area contributed by atoms with Gasteiger partial charge in [-0.1, -0.05) is 35.9 Å². The molecule has 0 saturated carbocycles. The zero-order valence-electron chi connectivity index (χ0n) is 11.3. The number of aliphatic hydroxyl groups is 1. The minimum Gasteiger partial charge on any atom is -0.394 e. The maximum absolute atomic E-state index is 12.7. The van der Waals surface area contributed by atoms with E-state index in [0.717, 1.165) is 10.8 Å². The molecule has 0 spiro atoms. The maximum atomic E-state index is 12.7. The van der Waals surface area contributed by atoms with Crippen molar-refractivity contribution in [1.82, 2.24) is 9.88 Å². The zero-order chi connectivity index (χ0) is 14.8. The van der Waals surface area contributed by atoms with Crippen LogP contribution in [0.1, 0.15) is 10.4 Å². The number of amides is 1. The zero-order valence-corrected chi connectivity index (χ0v) is 12.1. The van der Waals surface area contributed by atoms with Gasteiger partial charge in [-0.2, -0.15) is 0 Å². The van der Waals surface area contributed by atoms with Crippen LogP contribution in [0, 0.1) is 0 Å². The maximum Gasteiger partial charge on any atom is 0.256 e. The molecule has 0 radical (unpaired) electrons. The molecule has 1 aromatic heterocycles. The standard InChI is InChI=1S/C15H15ClN2O3/c16-14-12-4-2-1-3-11(12)13(7-17-14)15(20)18-5-6-21-10(8-18)9-19/h1-4,7,10,19H,5-6,8-9H2. The van der Waals surface area contributed by atoms with Gasteiger partial charge in [0.25, 0.3) is 5.91 Å². The van der Waals surface area contributed by atoms with Crippen LogP contribution >= 0.6 is 11.6 Å². The second-order valence-electron chi connectivity index (χ2n) is 4.93. The van der Waals surface area contributed by atoms with Crippen molar-refractivity contribution in [2.75, 3.05) is 26.3 Å². The van der Waals surface area contributed by atoms with Crippen molar-refractivity contribution >= 4 is 28.3 Å². The average molecular weight is 307 g/mol. The molecular formula is C15H15ClN2O3. The van der Waals surface area contributed by atoms with E-state index in [1.54, 1.807) is 4.90 Å². The summed E-state index contributed by atoms with van der Waals surface area (Å²) in [5.41, 5.74) is 0.522. The second-order valence-corrected chi connectivity index (χ2v) is 5.29. The summed E-state index contributed by atoms with van der Waals surface area (Å²) in [6.45, 7) is 1.22. The molecule has 1 N–H and O–H groups in total. The monoisotopic (exact) mass is 306 g/mol. The van der Waals surface area contributed by atoms with Crippen LogP contribution in [-0.2, 0) is 4.74 Å². The Morgan fingerprint density at radius 3 is 2.95 bits per heavy atom. The van der Waals surface area contributed by atoms with Crippen LogP contribution in [0.25, 0.3) is 10.8 Å². The molecule has 1 atom stereocenters. The van der Waals surface area contributed by atoms with E-state index in [0.29, 0.717) is 30.4 Å². The Labute approximate surface area is 127 Å². The first-order valence-electron chi connectivity index (χ1n) is 6.75. The molecule has 1 aromatic carbocycles. The van der Waals surface area contributed by atoms with Gasteiger partial charge in [-0.15, -0.1) is 0 Å². The Morgan fingerprint density at radius 1 is 1.43 bits per heavy atom. The Kier molecular flexibility index (Phi) is 4.05. The summed E-state index contributed by atoms with van der Waals surface area (Å²) in [4.78, 5) is 18.5. The fraction of sp³-hybridized carbons (Fsp3) is 0.333. The van der Waals surface area contributed by atoms with Gasteiger partial charge >= 0.3 is 0 Å². The highest BCUT2D eigenvalue weighted by Crippen LogP contribution is 2.25. The number of aromatic nitrogens is 1. The third-order valence-corrected chi connectivity index (χ3v) is 3.91. The minimum atomic E-state index is -0.325. The minimum absolute atomic E-state index is 0.0939. The summed E-state index contributed by atoms with van der Waals surface area (Å²) in [6.07, 6.45) is 1.19. The van der Waals surface area contributed by atoms with Crippen LogP contribution < -0.4 is 0 Å². The number of ether oxygens (including phenoxy) is 1. The highest BCUT2D eigenvalue weighted by atomic mass is 35.5. The first-order valence-corrected chi connectivity index (χ1v) is 7.13. The molecule has 1 aliphatic rings. The number of aliphatic hydroxyl groups excluding tert-OH is 1. The number of nitrogens with zero attached hydrogens (tertiary/aromatic N) is 2. The van der Waals surface area contributed by atoms with Crippen molar-refractivity contribution < 1.29 is 14.6 Å². The number of hydrogen-bond acceptors (Lipinski definition) is 4. The molecule has 1 saturated heterocycles. The van der Waals surface area contributed by atoms with Crippen molar-refractivity contribution in [3.63, 3.8) is 0 Å². The fourth-order valence-corrected chi connectivity index (χ4v) is 2.73. The van der Waals surface area contributed by atoms with E-state index in [-0.39, 0.29) is 18.6 Å². The van der Waals surface area contributed by atoms with Crippen molar-refractivity contribution in [2.45, 2.75) is 6.10 Å². The molecule has 0 aliphatic carbocycles. The number of morpholine rings is 1. The number of halogens is 1. The Morgan fingerprint density at radius 2 is 2.19 bits per heavy atom. The van der Waals surface area contributed by atoms with E-state index in [1.165, 1.54) is 6.20 Å². The molecule has 1 aliphatic heterocycles. The Hall–Kier alpha value is -1.69. The molecule has 6 heteroatoms. The molecular weight excluding hydrogens is 292 g/mol. The molecule has 1 unspecified atom stereocenters. The Balaban J connectivity index is 1.96. The van der Waals surface area contributed by atoms with Crippen LogP contribution in [0.3, 0.4) is 0 Å². The van der Waals surface area contributed by atoms with Gasteiger partial charge < -0.3 is 14.7 Å². The van der Waals surface area contributed by atoms with Crippen LogP contribution in [0.4, 0.5) is 0 Å². The van der Waals surface area contributed by atoms with Crippen molar-refractivity contribution in [3.8, 4) is 0 Å². The number of hydrogen-bond donors (Lipinski definition) is 1. The van der Waals surface area contributed by atoms with E-state index in [9.17, 15) is 9.90 Å². The van der Waals surface area contributed by atoms with E-state index in [2.05, 4.69) is 4.98 Å². The molecule has 1 amide bonds. The van der Waals surface area contributed by atoms with E-state index < -0.39 is 0 Å². The first kappa shape index (κ1) is 14.3. The van der Waals surface area contributed by atoms with Crippen molar-refractivity contribution in [3.05, 3.63) is 41.2 Å². The van der Waals surface area contributed by atoms with Gasteiger partial charge in [0.15, 0.2) is 0 Å². The predicted molar refractivity (Wildman–Crippen MR) is 79.5 cm³/mol. The number of carbonyl (C=O) groups is 1. The van der Waals surface area contributed by atoms with Crippen LogP contribution in [-0.4, -0.2) is 53.3 Å². The summed E-state index contributed by atoms with van der Waals surface area (Å²) in [5.74, 6) is -0.114. The van der Waals surface area contributed by atoms with E-state index in [1.807, 2.05) is 24.3 Å². The summed E-state index contributed by atoms with van der Waals surface area (Å²) < 4.78 is 5.37. The lowest BCUT2D eigenvalue weighted by Crippen LogP contribution is -2.47. The smallest absolute Gasteiger partial charge is 0.256 e. The average Bonchev–Trinajstić information content (AvgIpc) is 2.55. The lowest BCUT2D eigenvalue weighted by molar-refractivity contribution is -0.0446. The van der Waals surface area contributed by atoms with Gasteiger partial charge in [0.2, 0.25) is 0 Å². The summed E-state index contributed by atoms with van der Waals surface area (Å²) in [6, 6.07) is 7.43. The molecule has 0 bridgehead atoms. The van der Waals surface area contributed by atoms with Gasteiger partial charge in [-0.05, 0) is 5.39 Å². The lowest BCUT2D eigenvalue weighted by Gasteiger charge is -2.32. The number of benzene rings is 1. The van der Waals surface area contributed by atoms with Gasteiger partial charge in [-0.3, -0.25) is 4.79 Å². The number of carbonyl (C=O) groups excluding carboxylic acids is 1. The lowest BCUT2D eigenvalue weighted by atomic mass is 10.1. The van der Waals surface area contributed by atoms with Crippen LogP contribution in [0.2, 0.25) is 5.15 Å². The highest BCUT2D eigenvalue weighted by Gasteiger charge is 2.26. The van der Waals surface area contributed by atoms with Gasteiger partial charge in [0.1, 0.15) is 5.15 Å². The van der Waals surface area contributed by atoms with Crippen molar-refractivity contribution in [2.24, 2.45) is 0 Å². The number of rotatable bonds is 2. The highest BCUT2D eigenvalue weighted by molar-refractivity contribution is 6.34. The topological polar surface area (TPSA) is 62.7 Å². The molecule has 5 nitrogen and oxygen atoms in total. The molecule has 2 aromatic rings. The molecule has 3 rings (SSSR count). The quantitative estimate of drug-likeness (QED) is 0.858. The molecule has 110 valence electrons. The van der Waals surface area contributed by atoms with Gasteiger partial charge in [-0.25, -0.2) is 4.98 Å². The Bertz CT molecular complexity index is 677. The first-order chi connectivity index (χ1) is 10.2. The summed E-state index contributed by atoms with van der Waals surface area (Å²) in [7, 11) is 0. The number of fused-ring (bicyclic) bond motifs is 1. The summed E-state index contributed by atoms with van der Waals surface area (Å²) in [5, 5.41) is 11.1. The van der Waals surface area contributed by atoms with E-state index >= 15 is 0 Å². The van der Waals surface area contributed by atoms with Gasteiger partial charge in [0, 0.05) is 24.7 Å². The summed E-state index contributed by atoms with van der Waals surface area (Å²) >= 11 is 6.08. The van der Waals surface area contributed by atoms with E-state index in [4.69, 9.17) is 16.3 Å². The normalized spacial score (nSPS) is 19.0. The predicted octanol–water partition coefficient (Wildman–Crippen LogP) is 1.72. The third kappa shape index (κ3) is 2.72.